The van der Waals surface area contributed by atoms with Gasteiger partial charge in [0.25, 0.3) is 0 Å². The zero-order valence-electron chi connectivity index (χ0n) is 16.5. The van der Waals surface area contributed by atoms with Crippen molar-refractivity contribution in [3.8, 4) is 0 Å². The van der Waals surface area contributed by atoms with Crippen molar-refractivity contribution in [3.63, 3.8) is 0 Å². The molecule has 8 heteroatoms. The second-order valence-corrected chi connectivity index (χ2v) is 8.29. The molecule has 1 saturated heterocycles. The zero-order valence-corrected chi connectivity index (χ0v) is 17.4. The molecule has 0 bridgehead atoms. The fraction of sp³-hybridized carbons (Fsp3) is 0.381. The first kappa shape index (κ1) is 19.8. The minimum atomic E-state index is 0.222. The Bertz CT molecular complexity index is 927. The van der Waals surface area contributed by atoms with Crippen LogP contribution in [0.4, 0.5) is 17.6 Å². The molecule has 1 fully saturated rings. The Labute approximate surface area is 175 Å². The number of benzene rings is 1. The zero-order chi connectivity index (χ0) is 20.1. The van der Waals surface area contributed by atoms with E-state index < -0.39 is 0 Å². The van der Waals surface area contributed by atoms with Crippen LogP contribution in [0.5, 0.6) is 0 Å². The quantitative estimate of drug-likeness (QED) is 0.584. The number of thiophene rings is 1. The van der Waals surface area contributed by atoms with Gasteiger partial charge in [-0.3, -0.25) is 4.90 Å². The highest BCUT2D eigenvalue weighted by atomic mass is 32.1. The van der Waals surface area contributed by atoms with Crippen molar-refractivity contribution in [2.75, 3.05) is 24.2 Å². The van der Waals surface area contributed by atoms with Gasteiger partial charge in [0.15, 0.2) is 0 Å². The molecule has 1 aliphatic heterocycles. The number of para-hydroxylation sites is 1. The van der Waals surface area contributed by atoms with Crippen LogP contribution in [0.3, 0.4) is 0 Å². The van der Waals surface area contributed by atoms with Crippen molar-refractivity contribution in [1.29, 1.82) is 0 Å². The number of rotatable bonds is 8. The Kier molecular flexibility index (Phi) is 6.33. The molecule has 2 aromatic heterocycles. The predicted molar refractivity (Wildman–Crippen MR) is 116 cm³/mol. The number of nitrogens with one attached hydrogen (secondary N) is 1. The first-order valence-electron chi connectivity index (χ1n) is 9.85. The lowest BCUT2D eigenvalue weighted by Crippen LogP contribution is -2.32. The molecular formula is C21H26N6OS. The Hall–Kier alpha value is -2.55. The van der Waals surface area contributed by atoms with E-state index in [-0.39, 0.29) is 12.1 Å². The second-order valence-electron chi connectivity index (χ2n) is 7.26. The molecule has 0 saturated carbocycles. The monoisotopic (exact) mass is 410 g/mol. The summed E-state index contributed by atoms with van der Waals surface area (Å²) in [6, 6.07) is 12.2. The SMILES string of the molecule is Cc1ccccc1Nc1nc(N)nc(CN(Cc2cccs2)C[C@H]2CCCO2)n1. The van der Waals surface area contributed by atoms with Gasteiger partial charge < -0.3 is 15.8 Å². The van der Waals surface area contributed by atoms with E-state index in [2.05, 4.69) is 42.7 Å². The second kappa shape index (κ2) is 9.30. The maximum Gasteiger partial charge on any atom is 0.232 e. The molecule has 4 rings (SSSR count). The fourth-order valence-corrected chi connectivity index (χ4v) is 4.23. The summed E-state index contributed by atoms with van der Waals surface area (Å²) in [7, 11) is 0. The minimum Gasteiger partial charge on any atom is -0.377 e. The molecule has 1 atom stereocenters. The van der Waals surface area contributed by atoms with Crippen molar-refractivity contribution in [2.45, 2.75) is 39.0 Å². The molecule has 0 unspecified atom stereocenters. The number of nitrogens with zero attached hydrogens (tertiary/aromatic N) is 4. The number of nitrogen functional groups attached to an aromatic ring is 1. The summed E-state index contributed by atoms with van der Waals surface area (Å²) < 4.78 is 5.85. The van der Waals surface area contributed by atoms with Gasteiger partial charge in [-0.1, -0.05) is 24.3 Å². The molecule has 152 valence electrons. The summed E-state index contributed by atoms with van der Waals surface area (Å²) in [4.78, 5) is 16.9. The lowest BCUT2D eigenvalue weighted by Gasteiger charge is -2.24. The molecule has 0 aliphatic carbocycles. The average molecular weight is 411 g/mol. The van der Waals surface area contributed by atoms with Crippen molar-refractivity contribution >= 4 is 28.9 Å². The van der Waals surface area contributed by atoms with E-state index in [0.717, 1.165) is 43.8 Å². The third-order valence-corrected chi connectivity index (χ3v) is 5.76. The Morgan fingerprint density at radius 1 is 1.17 bits per heavy atom. The lowest BCUT2D eigenvalue weighted by atomic mass is 10.2. The summed E-state index contributed by atoms with van der Waals surface area (Å²) in [5.41, 5.74) is 8.06. The summed E-state index contributed by atoms with van der Waals surface area (Å²) in [5, 5.41) is 5.36. The Morgan fingerprint density at radius 2 is 2.07 bits per heavy atom. The van der Waals surface area contributed by atoms with Crippen LogP contribution in [0, 0.1) is 6.92 Å². The topological polar surface area (TPSA) is 89.2 Å². The fourth-order valence-electron chi connectivity index (χ4n) is 3.48. The van der Waals surface area contributed by atoms with Gasteiger partial charge in [0.1, 0.15) is 5.82 Å². The van der Waals surface area contributed by atoms with E-state index in [9.17, 15) is 0 Å². The average Bonchev–Trinajstić information content (AvgIpc) is 3.37. The molecule has 3 N–H and O–H groups in total. The molecule has 0 spiro atoms. The first-order valence-corrected chi connectivity index (χ1v) is 10.7. The normalized spacial score (nSPS) is 16.4. The molecule has 0 amide bonds. The van der Waals surface area contributed by atoms with Crippen LogP contribution < -0.4 is 11.1 Å². The molecule has 0 radical (unpaired) electrons. The van der Waals surface area contributed by atoms with E-state index in [0.29, 0.717) is 18.3 Å². The number of ether oxygens (including phenoxy) is 1. The highest BCUT2D eigenvalue weighted by molar-refractivity contribution is 7.09. The number of aromatic nitrogens is 3. The van der Waals surface area contributed by atoms with Crippen molar-refractivity contribution in [2.24, 2.45) is 0 Å². The van der Waals surface area contributed by atoms with E-state index in [1.807, 2.05) is 31.2 Å². The molecule has 1 aliphatic rings. The largest absolute Gasteiger partial charge is 0.377 e. The van der Waals surface area contributed by atoms with Gasteiger partial charge in [0.05, 0.1) is 12.6 Å². The smallest absolute Gasteiger partial charge is 0.232 e. The number of nitrogens with two attached hydrogens (primary N) is 1. The van der Waals surface area contributed by atoms with Gasteiger partial charge in [-0.2, -0.15) is 15.0 Å². The van der Waals surface area contributed by atoms with Crippen LogP contribution in [-0.4, -0.2) is 39.1 Å². The minimum absolute atomic E-state index is 0.222. The van der Waals surface area contributed by atoms with E-state index in [1.165, 1.54) is 4.88 Å². The van der Waals surface area contributed by atoms with Crippen molar-refractivity contribution in [3.05, 3.63) is 58.0 Å². The summed E-state index contributed by atoms with van der Waals surface area (Å²) in [6.07, 6.45) is 2.49. The predicted octanol–water partition coefficient (Wildman–Crippen LogP) is 3.75. The van der Waals surface area contributed by atoms with Crippen LogP contribution in [0.25, 0.3) is 0 Å². The van der Waals surface area contributed by atoms with Crippen molar-refractivity contribution < 1.29 is 4.74 Å². The standard InChI is InChI=1S/C21H26N6OS/c1-15-6-2-3-9-18(15)23-21-25-19(24-20(22)26-21)14-27(12-16-7-4-10-28-16)13-17-8-5-11-29-17/h2-3,5-6,8-9,11,16H,4,7,10,12-14H2,1H3,(H3,22,23,24,25,26)/t16-/m1/s1. The summed E-state index contributed by atoms with van der Waals surface area (Å²) in [6.45, 7) is 5.17. The maximum atomic E-state index is 5.98. The van der Waals surface area contributed by atoms with Crippen LogP contribution in [0.1, 0.15) is 29.1 Å². The molecule has 29 heavy (non-hydrogen) atoms. The summed E-state index contributed by atoms with van der Waals surface area (Å²) in [5.74, 6) is 1.34. The Morgan fingerprint density at radius 3 is 2.83 bits per heavy atom. The van der Waals surface area contributed by atoms with Crippen molar-refractivity contribution in [1.82, 2.24) is 19.9 Å². The molecule has 7 nitrogen and oxygen atoms in total. The van der Waals surface area contributed by atoms with E-state index >= 15 is 0 Å². The van der Waals surface area contributed by atoms with E-state index in [1.54, 1.807) is 11.3 Å². The van der Waals surface area contributed by atoms with Gasteiger partial charge in [0.2, 0.25) is 11.9 Å². The van der Waals surface area contributed by atoms with Gasteiger partial charge in [-0.25, -0.2) is 0 Å². The van der Waals surface area contributed by atoms with Gasteiger partial charge in [-0.15, -0.1) is 11.3 Å². The third kappa shape index (κ3) is 5.50. The lowest BCUT2D eigenvalue weighted by molar-refractivity contribution is 0.0674. The molecule has 3 aromatic rings. The number of hydrogen-bond donors (Lipinski definition) is 2. The van der Waals surface area contributed by atoms with Gasteiger partial charge >= 0.3 is 0 Å². The van der Waals surface area contributed by atoms with Crippen LogP contribution in [0.15, 0.2) is 41.8 Å². The van der Waals surface area contributed by atoms with Crippen LogP contribution in [-0.2, 0) is 17.8 Å². The molecule has 3 heterocycles. The molecule has 1 aromatic carbocycles. The van der Waals surface area contributed by atoms with Gasteiger partial charge in [-0.05, 0) is 42.8 Å². The highest BCUT2D eigenvalue weighted by Gasteiger charge is 2.21. The van der Waals surface area contributed by atoms with E-state index in [4.69, 9.17) is 10.5 Å². The van der Waals surface area contributed by atoms with Crippen LogP contribution in [0.2, 0.25) is 0 Å². The number of anilines is 3. The van der Waals surface area contributed by atoms with Gasteiger partial charge in [0, 0.05) is 30.3 Å². The highest BCUT2D eigenvalue weighted by Crippen LogP contribution is 2.20. The third-order valence-electron chi connectivity index (χ3n) is 4.90. The summed E-state index contributed by atoms with van der Waals surface area (Å²) >= 11 is 1.76. The number of hydrogen-bond acceptors (Lipinski definition) is 8. The Balaban J connectivity index is 1.51. The molecular weight excluding hydrogens is 384 g/mol. The van der Waals surface area contributed by atoms with Crippen LogP contribution >= 0.6 is 11.3 Å². The first-order chi connectivity index (χ1) is 14.2. The number of aryl methyl sites for hydroxylation is 1. The maximum absolute atomic E-state index is 5.98.